The van der Waals surface area contributed by atoms with E-state index in [1.54, 1.807) is 6.26 Å². The molecule has 27 heavy (non-hydrogen) atoms. The summed E-state index contributed by atoms with van der Waals surface area (Å²) in [5.41, 5.74) is 0.971. The smallest absolute Gasteiger partial charge is 0.193 e. The highest BCUT2D eigenvalue weighted by molar-refractivity contribution is 14.0. The molecular weight excluding hydrogens is 481 g/mol. The van der Waals surface area contributed by atoms with E-state index in [1.165, 1.54) is 0 Å². The molecule has 1 saturated heterocycles. The quantitative estimate of drug-likeness (QED) is 0.282. The second-order valence-corrected chi connectivity index (χ2v) is 6.47. The molecule has 3 rings (SSSR count). The van der Waals surface area contributed by atoms with E-state index in [-0.39, 0.29) is 24.0 Å². The Kier molecular flexibility index (Phi) is 9.16. The van der Waals surface area contributed by atoms with Gasteiger partial charge in [0.1, 0.15) is 18.6 Å². The van der Waals surface area contributed by atoms with Crippen LogP contribution in [0, 0.1) is 0 Å². The summed E-state index contributed by atoms with van der Waals surface area (Å²) in [7, 11) is 1.81. The molecule has 0 radical (unpaired) electrons. The lowest BCUT2D eigenvalue weighted by atomic mass is 10.3. The van der Waals surface area contributed by atoms with E-state index in [1.807, 2.05) is 37.4 Å². The molecule has 1 aromatic heterocycles. The average Bonchev–Trinajstić information content (AvgIpc) is 3.16. The average molecular weight is 506 g/mol. The zero-order valence-electron chi connectivity index (χ0n) is 15.3. The summed E-state index contributed by atoms with van der Waals surface area (Å²) >= 11 is 5.95. The van der Waals surface area contributed by atoms with Gasteiger partial charge in [0.25, 0.3) is 0 Å². The number of nitrogens with one attached hydrogen (secondary N) is 1. The first-order valence-electron chi connectivity index (χ1n) is 8.70. The van der Waals surface area contributed by atoms with Crippen molar-refractivity contribution in [1.82, 2.24) is 20.3 Å². The van der Waals surface area contributed by atoms with Crippen LogP contribution in [0.15, 0.2) is 46.1 Å². The predicted molar refractivity (Wildman–Crippen MR) is 117 cm³/mol. The minimum absolute atomic E-state index is 0. The van der Waals surface area contributed by atoms with E-state index in [9.17, 15) is 0 Å². The number of nitrogens with zero attached hydrogens (tertiary/aromatic N) is 4. The van der Waals surface area contributed by atoms with Crippen molar-refractivity contribution in [2.75, 3.05) is 46.4 Å². The van der Waals surface area contributed by atoms with E-state index in [2.05, 4.69) is 25.3 Å². The number of halogens is 2. The van der Waals surface area contributed by atoms with Crippen LogP contribution in [0.5, 0.6) is 5.75 Å². The SMILES string of the molecule is CN=C(NCCOc1cccc(Cl)c1)N1CCN(Cc2ccon2)CC1.I. The Bertz CT molecular complexity index is 706. The molecule has 1 aliphatic heterocycles. The molecule has 2 heterocycles. The normalized spacial score (nSPS) is 15.3. The molecule has 7 nitrogen and oxygen atoms in total. The number of piperazine rings is 1. The van der Waals surface area contributed by atoms with Crippen LogP contribution in [0.25, 0.3) is 0 Å². The summed E-state index contributed by atoms with van der Waals surface area (Å²) in [5, 5.41) is 8.00. The molecule has 0 bridgehead atoms. The number of rotatable bonds is 6. The highest BCUT2D eigenvalue weighted by atomic mass is 127. The molecule has 1 N–H and O–H groups in total. The molecule has 0 spiro atoms. The maximum absolute atomic E-state index is 5.95. The van der Waals surface area contributed by atoms with Crippen LogP contribution in [-0.4, -0.2) is 67.3 Å². The van der Waals surface area contributed by atoms with Crippen LogP contribution in [-0.2, 0) is 6.54 Å². The van der Waals surface area contributed by atoms with Crippen molar-refractivity contribution < 1.29 is 9.26 Å². The summed E-state index contributed by atoms with van der Waals surface area (Å²) in [5.74, 6) is 1.68. The van der Waals surface area contributed by atoms with Gasteiger partial charge in [-0.15, -0.1) is 24.0 Å². The van der Waals surface area contributed by atoms with Crippen LogP contribution < -0.4 is 10.1 Å². The first-order chi connectivity index (χ1) is 12.7. The monoisotopic (exact) mass is 505 g/mol. The summed E-state index contributed by atoms with van der Waals surface area (Å²) in [4.78, 5) is 9.01. The van der Waals surface area contributed by atoms with Gasteiger partial charge in [-0.25, -0.2) is 0 Å². The van der Waals surface area contributed by atoms with Crippen LogP contribution in [0.4, 0.5) is 0 Å². The minimum atomic E-state index is 0. The third-order valence-corrected chi connectivity index (χ3v) is 4.45. The Labute approximate surface area is 181 Å². The van der Waals surface area contributed by atoms with Crippen molar-refractivity contribution in [3.05, 3.63) is 47.3 Å². The van der Waals surface area contributed by atoms with Crippen molar-refractivity contribution in [3.63, 3.8) is 0 Å². The third-order valence-electron chi connectivity index (χ3n) is 4.21. The van der Waals surface area contributed by atoms with E-state index >= 15 is 0 Å². The fourth-order valence-corrected chi connectivity index (χ4v) is 3.07. The lowest BCUT2D eigenvalue weighted by Gasteiger charge is -2.36. The van der Waals surface area contributed by atoms with E-state index < -0.39 is 0 Å². The fraction of sp³-hybridized carbons (Fsp3) is 0.444. The van der Waals surface area contributed by atoms with Gasteiger partial charge in [0.15, 0.2) is 5.96 Å². The fourth-order valence-electron chi connectivity index (χ4n) is 2.89. The number of benzene rings is 1. The highest BCUT2D eigenvalue weighted by Crippen LogP contribution is 2.16. The first-order valence-corrected chi connectivity index (χ1v) is 9.08. The van der Waals surface area contributed by atoms with Gasteiger partial charge in [0.2, 0.25) is 0 Å². The van der Waals surface area contributed by atoms with Crippen LogP contribution in [0.2, 0.25) is 5.02 Å². The molecule has 1 fully saturated rings. The highest BCUT2D eigenvalue weighted by Gasteiger charge is 2.20. The number of ether oxygens (including phenoxy) is 1. The number of guanidine groups is 1. The van der Waals surface area contributed by atoms with Crippen molar-refractivity contribution >= 4 is 41.5 Å². The summed E-state index contributed by atoms with van der Waals surface area (Å²) < 4.78 is 10.6. The molecule has 0 aliphatic carbocycles. The van der Waals surface area contributed by atoms with E-state index in [0.717, 1.165) is 50.1 Å². The number of hydrogen-bond donors (Lipinski definition) is 1. The zero-order chi connectivity index (χ0) is 18.2. The standard InChI is InChI=1S/C18H24ClN5O2.HI/c1-20-18(21-6-12-25-17-4-2-3-15(19)13-17)24-9-7-23(8-10-24)14-16-5-11-26-22-16;/h2-5,11,13H,6-10,12,14H2,1H3,(H,20,21);1H. The van der Waals surface area contributed by atoms with Gasteiger partial charge in [-0.2, -0.15) is 0 Å². The Morgan fingerprint density at radius 2 is 2.11 bits per heavy atom. The van der Waals surface area contributed by atoms with Crippen molar-refractivity contribution in [2.24, 2.45) is 4.99 Å². The van der Waals surface area contributed by atoms with E-state index in [4.69, 9.17) is 20.9 Å². The lowest BCUT2D eigenvalue weighted by molar-refractivity contribution is 0.168. The maximum Gasteiger partial charge on any atom is 0.193 e. The Balaban J connectivity index is 0.00000261. The number of hydrogen-bond acceptors (Lipinski definition) is 5. The Hall–Kier alpha value is -1.52. The molecule has 2 aromatic rings. The molecule has 148 valence electrons. The lowest BCUT2D eigenvalue weighted by Crippen LogP contribution is -2.52. The second kappa shape index (κ2) is 11.4. The molecule has 0 atom stereocenters. The first kappa shape index (κ1) is 21.8. The zero-order valence-corrected chi connectivity index (χ0v) is 18.4. The Morgan fingerprint density at radius 3 is 2.78 bits per heavy atom. The van der Waals surface area contributed by atoms with Crippen molar-refractivity contribution in [3.8, 4) is 5.75 Å². The van der Waals surface area contributed by atoms with Crippen molar-refractivity contribution in [2.45, 2.75) is 6.54 Å². The summed E-state index contributed by atoms with van der Waals surface area (Å²) in [6, 6.07) is 9.32. The van der Waals surface area contributed by atoms with Gasteiger partial charge in [-0.1, -0.05) is 22.8 Å². The minimum Gasteiger partial charge on any atom is -0.492 e. The van der Waals surface area contributed by atoms with Gasteiger partial charge in [-0.3, -0.25) is 9.89 Å². The van der Waals surface area contributed by atoms with Gasteiger partial charge in [-0.05, 0) is 18.2 Å². The van der Waals surface area contributed by atoms with Gasteiger partial charge < -0.3 is 19.5 Å². The summed E-state index contributed by atoms with van der Waals surface area (Å²) in [6.07, 6.45) is 1.61. The largest absolute Gasteiger partial charge is 0.492 e. The molecule has 0 unspecified atom stereocenters. The van der Waals surface area contributed by atoms with E-state index in [0.29, 0.717) is 18.2 Å². The van der Waals surface area contributed by atoms with Gasteiger partial charge >= 0.3 is 0 Å². The molecule has 0 saturated carbocycles. The summed E-state index contributed by atoms with van der Waals surface area (Å²) in [6.45, 7) is 5.83. The molecule has 1 aromatic carbocycles. The second-order valence-electron chi connectivity index (χ2n) is 6.03. The predicted octanol–water partition coefficient (Wildman–Crippen LogP) is 2.72. The topological polar surface area (TPSA) is 66.1 Å². The molecule has 1 aliphatic rings. The van der Waals surface area contributed by atoms with Gasteiger partial charge in [0.05, 0.1) is 12.2 Å². The molecule has 0 amide bonds. The van der Waals surface area contributed by atoms with Crippen LogP contribution >= 0.6 is 35.6 Å². The number of aliphatic imine (C=N–C) groups is 1. The molecular formula is C18H25ClIN5O2. The van der Waals surface area contributed by atoms with Crippen molar-refractivity contribution in [1.29, 1.82) is 0 Å². The third kappa shape index (κ3) is 6.86. The Morgan fingerprint density at radius 1 is 1.30 bits per heavy atom. The van der Waals surface area contributed by atoms with Crippen LogP contribution in [0.3, 0.4) is 0 Å². The van der Waals surface area contributed by atoms with Gasteiger partial charge in [0, 0.05) is 50.9 Å². The molecule has 9 heteroatoms. The number of aromatic nitrogens is 1. The maximum atomic E-state index is 5.95. The van der Waals surface area contributed by atoms with Crippen LogP contribution in [0.1, 0.15) is 5.69 Å².